The summed E-state index contributed by atoms with van der Waals surface area (Å²) in [6.07, 6.45) is 1.68. The van der Waals surface area contributed by atoms with Gasteiger partial charge in [0.1, 0.15) is 5.82 Å². The van der Waals surface area contributed by atoms with Crippen LogP contribution in [0.3, 0.4) is 0 Å². The number of nitrogens with zero attached hydrogens (tertiary/aromatic N) is 4. The van der Waals surface area contributed by atoms with Crippen molar-refractivity contribution in [2.45, 2.75) is 32.0 Å². The molecular weight excluding hydrogens is 481 g/mol. The number of ether oxygens (including phenoxy) is 2. The summed E-state index contributed by atoms with van der Waals surface area (Å²) in [7, 11) is 0. The fourth-order valence-corrected chi connectivity index (χ4v) is 4.06. The van der Waals surface area contributed by atoms with Gasteiger partial charge in [-0.3, -0.25) is 4.79 Å². The number of aliphatic hydroxyl groups excluding tert-OH is 1. The summed E-state index contributed by atoms with van der Waals surface area (Å²) in [5, 5.41) is 17.8. The van der Waals surface area contributed by atoms with E-state index in [4.69, 9.17) is 9.47 Å². The minimum atomic E-state index is -1.01. The quantitative estimate of drug-likeness (QED) is 0.376. The number of nitrogens with one attached hydrogen (secondary N) is 3. The number of fused-ring (bicyclic) bond motifs is 1. The average Bonchev–Trinajstić information content (AvgIpc) is 2.88. The molecular formula is C25H28FN7O4. The monoisotopic (exact) mass is 509 g/mol. The molecule has 11 nitrogen and oxygen atoms in total. The highest BCUT2D eigenvalue weighted by Gasteiger charge is 2.36. The number of morpholine rings is 1. The smallest absolute Gasteiger partial charge is 0.269 e. The Balaban J connectivity index is 1.26. The Labute approximate surface area is 213 Å². The molecule has 2 aliphatic rings. The van der Waals surface area contributed by atoms with Crippen LogP contribution in [0.1, 0.15) is 20.3 Å². The van der Waals surface area contributed by atoms with Gasteiger partial charge in [-0.1, -0.05) is 0 Å². The van der Waals surface area contributed by atoms with Gasteiger partial charge in [-0.25, -0.2) is 14.4 Å². The highest BCUT2D eigenvalue weighted by atomic mass is 19.1. The van der Waals surface area contributed by atoms with Crippen LogP contribution in [0.15, 0.2) is 42.6 Å². The van der Waals surface area contributed by atoms with E-state index in [1.807, 2.05) is 24.3 Å². The van der Waals surface area contributed by atoms with Crippen LogP contribution in [0, 0.1) is 5.82 Å². The number of anilines is 6. The molecule has 0 aliphatic carbocycles. The zero-order chi connectivity index (χ0) is 26.0. The first kappa shape index (κ1) is 24.7. The van der Waals surface area contributed by atoms with Crippen molar-refractivity contribution in [3.8, 4) is 5.75 Å². The number of benzene rings is 1. The maximum Gasteiger partial charge on any atom is 0.269 e. The summed E-state index contributed by atoms with van der Waals surface area (Å²) < 4.78 is 25.8. The molecule has 12 heteroatoms. The second kappa shape index (κ2) is 10.1. The highest BCUT2D eigenvalue weighted by molar-refractivity contribution is 5.99. The minimum Gasteiger partial charge on any atom is -0.474 e. The number of halogens is 1. The second-order valence-corrected chi connectivity index (χ2v) is 9.25. The van der Waals surface area contributed by atoms with Crippen LogP contribution in [0.5, 0.6) is 5.75 Å². The van der Waals surface area contributed by atoms with Crippen LogP contribution < -0.4 is 25.6 Å². The SMILES string of the molecule is CC1(C)Oc2ccc(Nc3nc(Nc4ccc(N5CCOC(CCO)C5)cc4)ncc3F)nc2NC1=O. The molecule has 0 radical (unpaired) electrons. The normalized spacial score (nSPS) is 18.4. The number of carbonyl (C=O) groups excluding carboxylic acids is 1. The molecule has 1 aromatic carbocycles. The van der Waals surface area contributed by atoms with Gasteiger partial charge in [0.05, 0.1) is 18.9 Å². The van der Waals surface area contributed by atoms with E-state index in [1.54, 1.807) is 26.0 Å². The standard InChI is InChI=1S/C25H28FN7O4/c1-25(2)23(35)31-22-19(37-25)7-8-20(30-22)29-21-18(26)13-27-24(32-21)28-15-3-5-16(6-4-15)33-10-12-36-17(14-33)9-11-34/h3-8,13,17,34H,9-12,14H2,1-2H3,(H3,27,28,29,30,31,32,35). The van der Waals surface area contributed by atoms with E-state index >= 15 is 0 Å². The number of hydrogen-bond acceptors (Lipinski definition) is 10. The molecule has 4 heterocycles. The lowest BCUT2D eigenvalue weighted by molar-refractivity contribution is -0.129. The Morgan fingerprint density at radius 3 is 2.78 bits per heavy atom. The molecule has 0 spiro atoms. The third-order valence-electron chi connectivity index (χ3n) is 6.07. The van der Waals surface area contributed by atoms with Gasteiger partial charge in [-0.2, -0.15) is 4.98 Å². The van der Waals surface area contributed by atoms with E-state index in [0.717, 1.165) is 24.1 Å². The van der Waals surface area contributed by atoms with Gasteiger partial charge in [-0.15, -0.1) is 0 Å². The average molecular weight is 510 g/mol. The maximum absolute atomic E-state index is 14.5. The van der Waals surface area contributed by atoms with Gasteiger partial charge >= 0.3 is 0 Å². The van der Waals surface area contributed by atoms with Gasteiger partial charge in [0.2, 0.25) is 5.95 Å². The van der Waals surface area contributed by atoms with Gasteiger partial charge < -0.3 is 35.4 Å². The summed E-state index contributed by atoms with van der Waals surface area (Å²) >= 11 is 0. The molecule has 37 heavy (non-hydrogen) atoms. The summed E-state index contributed by atoms with van der Waals surface area (Å²) in [5.41, 5.74) is 0.763. The summed E-state index contributed by atoms with van der Waals surface area (Å²) in [6, 6.07) is 11.0. The number of pyridine rings is 1. The Morgan fingerprint density at radius 1 is 1.19 bits per heavy atom. The van der Waals surface area contributed by atoms with Gasteiger partial charge in [0.15, 0.2) is 28.8 Å². The Bertz CT molecular complexity index is 1290. The molecule has 3 aromatic rings. The van der Waals surface area contributed by atoms with Crippen LogP contribution in [-0.2, 0) is 9.53 Å². The predicted octanol–water partition coefficient (Wildman–Crippen LogP) is 3.20. The lowest BCUT2D eigenvalue weighted by atomic mass is 10.1. The number of hydrogen-bond donors (Lipinski definition) is 4. The highest BCUT2D eigenvalue weighted by Crippen LogP contribution is 2.33. The molecule has 1 atom stereocenters. The van der Waals surface area contributed by atoms with Crippen LogP contribution in [-0.4, -0.2) is 64.0 Å². The molecule has 1 amide bonds. The zero-order valence-electron chi connectivity index (χ0n) is 20.5. The maximum atomic E-state index is 14.5. The van der Waals surface area contributed by atoms with E-state index < -0.39 is 11.4 Å². The van der Waals surface area contributed by atoms with Crippen molar-refractivity contribution in [2.24, 2.45) is 0 Å². The zero-order valence-corrected chi connectivity index (χ0v) is 20.5. The van der Waals surface area contributed by atoms with E-state index in [2.05, 4.69) is 35.8 Å². The van der Waals surface area contributed by atoms with Crippen molar-refractivity contribution >= 4 is 40.7 Å². The number of aromatic nitrogens is 3. The minimum absolute atomic E-state index is 0.00957. The third-order valence-corrected chi connectivity index (χ3v) is 6.07. The molecule has 0 saturated carbocycles. The number of aliphatic hydroxyl groups is 1. The number of rotatable bonds is 7. The van der Waals surface area contributed by atoms with E-state index in [-0.39, 0.29) is 42.0 Å². The van der Waals surface area contributed by atoms with Gasteiger partial charge in [0.25, 0.3) is 5.91 Å². The molecule has 1 fully saturated rings. The number of amides is 1. The molecule has 4 N–H and O–H groups in total. The first-order valence-electron chi connectivity index (χ1n) is 12.0. The van der Waals surface area contributed by atoms with Gasteiger partial charge in [-0.05, 0) is 56.7 Å². The van der Waals surface area contributed by atoms with Crippen molar-refractivity contribution < 1.29 is 23.8 Å². The van der Waals surface area contributed by atoms with E-state index in [1.165, 1.54) is 0 Å². The molecule has 194 valence electrons. The molecule has 0 bridgehead atoms. The van der Waals surface area contributed by atoms with Crippen molar-refractivity contribution in [1.82, 2.24) is 15.0 Å². The van der Waals surface area contributed by atoms with Crippen LogP contribution in [0.4, 0.5) is 39.2 Å². The Kier molecular flexibility index (Phi) is 6.76. The van der Waals surface area contributed by atoms with Crippen molar-refractivity contribution in [2.75, 3.05) is 47.2 Å². The fourth-order valence-electron chi connectivity index (χ4n) is 4.06. The third kappa shape index (κ3) is 5.54. The van der Waals surface area contributed by atoms with Crippen molar-refractivity contribution in [3.05, 3.63) is 48.4 Å². The molecule has 2 aromatic heterocycles. The summed E-state index contributed by atoms with van der Waals surface area (Å²) in [5.74, 6) is 0.0756. The first-order valence-corrected chi connectivity index (χ1v) is 12.0. The molecule has 5 rings (SSSR count). The van der Waals surface area contributed by atoms with Crippen LogP contribution in [0.2, 0.25) is 0 Å². The molecule has 1 unspecified atom stereocenters. The fraction of sp³-hybridized carbons (Fsp3) is 0.360. The lowest BCUT2D eigenvalue weighted by Crippen LogP contribution is -2.46. The van der Waals surface area contributed by atoms with Crippen molar-refractivity contribution in [3.63, 3.8) is 0 Å². The topological polar surface area (TPSA) is 134 Å². The Morgan fingerprint density at radius 2 is 2.00 bits per heavy atom. The second-order valence-electron chi connectivity index (χ2n) is 9.25. The van der Waals surface area contributed by atoms with E-state index in [9.17, 15) is 14.3 Å². The van der Waals surface area contributed by atoms with E-state index in [0.29, 0.717) is 25.3 Å². The summed E-state index contributed by atoms with van der Waals surface area (Å²) in [4.78, 5) is 27.0. The molecule has 2 aliphatic heterocycles. The Hall–Kier alpha value is -4.03. The molecule has 1 saturated heterocycles. The largest absolute Gasteiger partial charge is 0.474 e. The van der Waals surface area contributed by atoms with Crippen LogP contribution in [0.25, 0.3) is 0 Å². The predicted molar refractivity (Wildman–Crippen MR) is 136 cm³/mol. The van der Waals surface area contributed by atoms with Gasteiger partial charge in [0, 0.05) is 31.1 Å². The summed E-state index contributed by atoms with van der Waals surface area (Å²) in [6.45, 7) is 5.52. The lowest BCUT2D eigenvalue weighted by Gasteiger charge is -2.34. The van der Waals surface area contributed by atoms with Crippen molar-refractivity contribution in [1.29, 1.82) is 0 Å². The van der Waals surface area contributed by atoms with Crippen LogP contribution >= 0.6 is 0 Å². The number of carbonyl (C=O) groups is 1. The first-order chi connectivity index (χ1) is 17.8.